The summed E-state index contributed by atoms with van der Waals surface area (Å²) in [7, 11) is 0. The van der Waals surface area contributed by atoms with Gasteiger partial charge in [0.15, 0.2) is 0 Å². The number of aliphatic imine (C=N–C) groups is 1. The Morgan fingerprint density at radius 1 is 1.05 bits per heavy atom. The van der Waals surface area contributed by atoms with E-state index in [4.69, 9.17) is 0 Å². The summed E-state index contributed by atoms with van der Waals surface area (Å²) in [4.78, 5) is 3.92. The molecule has 0 amide bonds. The Bertz CT molecular complexity index is 354. The van der Waals surface area contributed by atoms with Crippen molar-refractivity contribution < 1.29 is 4.39 Å². The van der Waals surface area contributed by atoms with Gasteiger partial charge in [-0.15, -0.1) is 0 Å². The molecule has 0 saturated heterocycles. The fraction of sp³-hybridized carbons (Fsp3) is 0.812. The Morgan fingerprint density at radius 3 is 2.32 bits per heavy atom. The Morgan fingerprint density at radius 2 is 1.68 bits per heavy atom. The molecule has 0 spiro atoms. The van der Waals surface area contributed by atoms with Crippen LogP contribution in [0.3, 0.4) is 0 Å². The van der Waals surface area contributed by atoms with Crippen molar-refractivity contribution in [1.29, 1.82) is 0 Å². The minimum Gasteiger partial charge on any atom is -0.245 e. The van der Waals surface area contributed by atoms with Crippen LogP contribution in [0.2, 0.25) is 0 Å². The molecule has 19 heavy (non-hydrogen) atoms. The lowest BCUT2D eigenvalue weighted by molar-refractivity contribution is 0.192. The van der Waals surface area contributed by atoms with Crippen LogP contribution >= 0.6 is 12.2 Å². The van der Waals surface area contributed by atoms with E-state index in [0.717, 1.165) is 24.7 Å². The number of halogens is 1. The van der Waals surface area contributed by atoms with Crippen LogP contribution in [-0.2, 0) is 0 Å². The van der Waals surface area contributed by atoms with E-state index in [2.05, 4.69) is 41.4 Å². The van der Waals surface area contributed by atoms with Crippen molar-refractivity contribution in [2.45, 2.75) is 64.1 Å². The minimum absolute atomic E-state index is 0.238. The van der Waals surface area contributed by atoms with Crippen molar-refractivity contribution in [1.82, 2.24) is 0 Å². The van der Waals surface area contributed by atoms with Gasteiger partial charge < -0.3 is 0 Å². The molecular formula is C16H24FNS. The second-order valence-corrected chi connectivity index (χ2v) is 6.46. The van der Waals surface area contributed by atoms with Gasteiger partial charge in [-0.2, -0.15) is 0 Å². The largest absolute Gasteiger partial charge is 0.245 e. The molecule has 2 rings (SSSR count). The Labute approximate surface area is 121 Å². The molecule has 0 N–H and O–H groups in total. The highest BCUT2D eigenvalue weighted by Gasteiger charge is 2.29. The van der Waals surface area contributed by atoms with E-state index in [-0.39, 0.29) is 6.04 Å². The lowest BCUT2D eigenvalue weighted by Gasteiger charge is -2.28. The molecule has 0 heterocycles. The van der Waals surface area contributed by atoms with Gasteiger partial charge in [0.1, 0.15) is 6.17 Å². The van der Waals surface area contributed by atoms with E-state index < -0.39 is 6.17 Å². The highest BCUT2D eigenvalue weighted by Crippen LogP contribution is 2.32. The van der Waals surface area contributed by atoms with E-state index in [9.17, 15) is 4.39 Å². The molecular weight excluding hydrogens is 257 g/mol. The van der Waals surface area contributed by atoms with E-state index in [1.54, 1.807) is 0 Å². The van der Waals surface area contributed by atoms with Crippen molar-refractivity contribution in [2.24, 2.45) is 22.7 Å². The van der Waals surface area contributed by atoms with Gasteiger partial charge in [-0.05, 0) is 62.1 Å². The molecule has 1 nitrogen and oxygen atoms in total. The molecule has 2 saturated carbocycles. The van der Waals surface area contributed by atoms with E-state index in [1.165, 1.54) is 25.7 Å². The zero-order chi connectivity index (χ0) is 13.7. The molecule has 3 atom stereocenters. The summed E-state index contributed by atoms with van der Waals surface area (Å²) in [6, 6.07) is -0.238. The molecule has 0 radical (unpaired) electrons. The van der Waals surface area contributed by atoms with Crippen molar-refractivity contribution in [3.63, 3.8) is 0 Å². The zero-order valence-electron chi connectivity index (χ0n) is 11.7. The van der Waals surface area contributed by atoms with Gasteiger partial charge in [0.2, 0.25) is 0 Å². The number of alkyl halides is 1. The van der Waals surface area contributed by atoms with Gasteiger partial charge in [-0.3, -0.25) is 0 Å². The lowest BCUT2D eigenvalue weighted by atomic mass is 9.80. The van der Waals surface area contributed by atoms with Gasteiger partial charge in [-0.25, -0.2) is 9.38 Å². The third-order valence-electron chi connectivity index (χ3n) is 4.71. The third kappa shape index (κ3) is 4.50. The summed E-state index contributed by atoms with van der Waals surface area (Å²) in [5, 5.41) is 2.32. The molecule has 0 bridgehead atoms. The number of thiocarbonyl (C=S) groups is 1. The predicted octanol–water partition coefficient (Wildman–Crippen LogP) is 4.98. The molecule has 0 aromatic carbocycles. The molecule has 3 unspecified atom stereocenters. The van der Waals surface area contributed by atoms with Crippen LogP contribution in [0.4, 0.5) is 4.39 Å². The molecule has 2 aliphatic carbocycles. The molecule has 2 fully saturated rings. The summed E-state index contributed by atoms with van der Waals surface area (Å²) >= 11 is 4.56. The van der Waals surface area contributed by atoms with Gasteiger partial charge in [-0.1, -0.05) is 31.9 Å². The number of nitrogens with zero attached hydrogens (tertiary/aromatic N) is 1. The summed E-state index contributed by atoms with van der Waals surface area (Å²) in [6.45, 7) is 2.34. The highest BCUT2D eigenvalue weighted by atomic mass is 32.1. The summed E-state index contributed by atoms with van der Waals surface area (Å²) in [6.07, 6.45) is 11.5. The molecule has 0 aliphatic heterocycles. The summed E-state index contributed by atoms with van der Waals surface area (Å²) < 4.78 is 13.9. The van der Waals surface area contributed by atoms with Crippen LogP contribution < -0.4 is 0 Å². The monoisotopic (exact) mass is 281 g/mol. The van der Waals surface area contributed by atoms with Crippen LogP contribution in [-0.4, -0.2) is 17.4 Å². The Kier molecular flexibility index (Phi) is 5.72. The maximum Gasteiger partial charge on any atom is 0.124 e. The maximum atomic E-state index is 13.9. The van der Waals surface area contributed by atoms with Crippen LogP contribution in [0.25, 0.3) is 0 Å². The van der Waals surface area contributed by atoms with Gasteiger partial charge in [0, 0.05) is 0 Å². The standard InChI is InChI=1S/C16H24FNS/c1-12-2-4-13(5-3-12)6-7-14-8-9-16(18-11-19)15(17)10-14/h6-7,12-16H,2-5,8-10H2,1H3. The van der Waals surface area contributed by atoms with Gasteiger partial charge in [0.05, 0.1) is 11.2 Å². The van der Waals surface area contributed by atoms with E-state index in [1.807, 2.05) is 0 Å². The zero-order valence-corrected chi connectivity index (χ0v) is 12.5. The number of isothiocyanates is 1. The Balaban J connectivity index is 1.79. The van der Waals surface area contributed by atoms with Crippen molar-refractivity contribution in [3.05, 3.63) is 12.2 Å². The second-order valence-electron chi connectivity index (χ2n) is 6.28. The quantitative estimate of drug-likeness (QED) is 0.404. The van der Waals surface area contributed by atoms with Crippen LogP contribution in [0, 0.1) is 17.8 Å². The SMILES string of the molecule is CC1CCC(C=CC2CCC(N=C=S)C(F)C2)CC1. The minimum atomic E-state index is -0.842. The van der Waals surface area contributed by atoms with E-state index in [0.29, 0.717) is 12.3 Å². The fourth-order valence-electron chi connectivity index (χ4n) is 3.31. The average molecular weight is 281 g/mol. The third-order valence-corrected chi connectivity index (χ3v) is 4.82. The number of allylic oxidation sites excluding steroid dienone is 2. The van der Waals surface area contributed by atoms with Crippen LogP contribution in [0.1, 0.15) is 51.9 Å². The Hall–Kier alpha value is -0.530. The molecule has 106 valence electrons. The van der Waals surface area contributed by atoms with Gasteiger partial charge in [0.25, 0.3) is 0 Å². The molecule has 0 aromatic rings. The molecule has 0 aromatic heterocycles. The van der Waals surface area contributed by atoms with Crippen molar-refractivity contribution in [3.8, 4) is 0 Å². The highest BCUT2D eigenvalue weighted by molar-refractivity contribution is 7.78. The number of hydrogen-bond acceptors (Lipinski definition) is 2. The predicted molar refractivity (Wildman–Crippen MR) is 81.3 cm³/mol. The maximum absolute atomic E-state index is 13.9. The number of hydrogen-bond donors (Lipinski definition) is 0. The van der Waals surface area contributed by atoms with Crippen LogP contribution in [0.5, 0.6) is 0 Å². The molecule has 2 aliphatic rings. The number of rotatable bonds is 3. The summed E-state index contributed by atoms with van der Waals surface area (Å²) in [5.41, 5.74) is 0. The van der Waals surface area contributed by atoms with Crippen LogP contribution in [0.15, 0.2) is 17.1 Å². The summed E-state index contributed by atoms with van der Waals surface area (Å²) in [5.74, 6) is 2.01. The first-order chi connectivity index (χ1) is 9.19. The van der Waals surface area contributed by atoms with Crippen molar-refractivity contribution >= 4 is 17.4 Å². The fourth-order valence-corrected chi connectivity index (χ4v) is 3.45. The molecule has 3 heteroatoms. The van der Waals surface area contributed by atoms with Crippen molar-refractivity contribution in [2.75, 3.05) is 0 Å². The normalized spacial score (nSPS) is 40.0. The first-order valence-electron chi connectivity index (χ1n) is 7.58. The lowest BCUT2D eigenvalue weighted by Crippen LogP contribution is -2.28. The first-order valence-corrected chi connectivity index (χ1v) is 7.99. The topological polar surface area (TPSA) is 12.4 Å². The smallest absolute Gasteiger partial charge is 0.124 e. The van der Waals surface area contributed by atoms with Gasteiger partial charge >= 0.3 is 0 Å². The second kappa shape index (κ2) is 7.31. The first kappa shape index (κ1) is 14.9. The average Bonchev–Trinajstić information content (AvgIpc) is 2.41. The van der Waals surface area contributed by atoms with E-state index >= 15 is 0 Å².